The summed E-state index contributed by atoms with van der Waals surface area (Å²) >= 11 is 0. The molecular weight excluding hydrogens is 345 g/mol. The van der Waals surface area contributed by atoms with E-state index < -0.39 is 5.60 Å². The first kappa shape index (κ1) is 18.5. The number of nitrogens with zero attached hydrogens (tertiary/aromatic N) is 3. The van der Waals surface area contributed by atoms with Crippen molar-refractivity contribution < 1.29 is 14.2 Å². The first-order valence-electron chi connectivity index (χ1n) is 9.60. The Balaban J connectivity index is 1.45. The van der Waals surface area contributed by atoms with Gasteiger partial charge in [-0.1, -0.05) is 12.1 Å². The molecule has 0 aliphatic carbocycles. The largest absolute Gasteiger partial charge is 0.385 e. The zero-order valence-corrected chi connectivity index (χ0v) is 15.6. The Morgan fingerprint density at radius 1 is 1.22 bits per heavy atom. The van der Waals surface area contributed by atoms with E-state index in [2.05, 4.69) is 14.9 Å². The first-order chi connectivity index (χ1) is 13.1. The second kappa shape index (κ2) is 7.62. The van der Waals surface area contributed by atoms with Gasteiger partial charge in [-0.3, -0.25) is 4.90 Å². The van der Waals surface area contributed by atoms with E-state index in [4.69, 9.17) is 4.74 Å². The number of benzene rings is 1. The van der Waals surface area contributed by atoms with Crippen molar-refractivity contribution in [3.05, 3.63) is 59.4 Å². The minimum atomic E-state index is -0.940. The van der Waals surface area contributed by atoms with Crippen LogP contribution in [0.15, 0.2) is 36.7 Å². The third-order valence-corrected chi connectivity index (χ3v) is 5.93. The van der Waals surface area contributed by atoms with Crippen molar-refractivity contribution in [2.24, 2.45) is 0 Å². The Hall–Kier alpha value is -1.89. The lowest BCUT2D eigenvalue weighted by Crippen LogP contribution is -2.49. The molecule has 3 heterocycles. The summed E-state index contributed by atoms with van der Waals surface area (Å²) < 4.78 is 18.7. The van der Waals surface area contributed by atoms with E-state index in [1.807, 2.05) is 18.5 Å². The summed E-state index contributed by atoms with van der Waals surface area (Å²) in [5, 5.41) is 11.2. The van der Waals surface area contributed by atoms with E-state index >= 15 is 0 Å². The maximum atomic E-state index is 13.6. The van der Waals surface area contributed by atoms with Gasteiger partial charge in [-0.05, 0) is 43.4 Å². The van der Waals surface area contributed by atoms with Gasteiger partial charge in [-0.15, -0.1) is 0 Å². The molecule has 2 aromatic rings. The number of fused-ring (bicyclic) bond motifs is 2. The first-order valence-corrected chi connectivity index (χ1v) is 9.60. The van der Waals surface area contributed by atoms with Crippen molar-refractivity contribution in [1.82, 2.24) is 14.9 Å². The summed E-state index contributed by atoms with van der Waals surface area (Å²) in [4.78, 5) is 11.3. The summed E-state index contributed by atoms with van der Waals surface area (Å²) in [6.45, 7) is 1.41. The number of rotatable bonds is 6. The van der Waals surface area contributed by atoms with E-state index in [-0.39, 0.29) is 5.82 Å². The molecular formula is C21H26FN3O2. The molecule has 4 rings (SSSR count). The summed E-state index contributed by atoms with van der Waals surface area (Å²) in [5.41, 5.74) is 0.847. The van der Waals surface area contributed by atoms with Crippen LogP contribution in [0.25, 0.3) is 0 Å². The van der Waals surface area contributed by atoms with Gasteiger partial charge in [0.05, 0.1) is 12.2 Å². The van der Waals surface area contributed by atoms with Crippen molar-refractivity contribution in [3.63, 3.8) is 0 Å². The molecule has 2 saturated heterocycles. The van der Waals surface area contributed by atoms with Crippen LogP contribution in [0.3, 0.4) is 0 Å². The molecule has 27 heavy (non-hydrogen) atoms. The van der Waals surface area contributed by atoms with Crippen LogP contribution in [-0.4, -0.2) is 45.8 Å². The highest BCUT2D eigenvalue weighted by Crippen LogP contribution is 2.46. The molecule has 0 saturated carbocycles. The quantitative estimate of drug-likeness (QED) is 0.846. The number of ether oxygens (including phenoxy) is 1. The predicted octanol–water partition coefficient (Wildman–Crippen LogP) is 2.82. The molecule has 1 aromatic carbocycles. The number of halogens is 1. The standard InChI is InChI=1S/C21H26FN3O2/c1-27-8-7-20-23-12-15(13-24-20)14-25-18-5-6-19(25)11-21(26,10-18)16-3-2-4-17(22)9-16/h2-4,9,12-13,18-19,26H,5-8,10-11,14H2,1H3. The molecule has 6 heteroatoms. The van der Waals surface area contributed by atoms with Crippen molar-refractivity contribution in [3.8, 4) is 0 Å². The smallest absolute Gasteiger partial charge is 0.130 e. The second-order valence-corrected chi connectivity index (χ2v) is 7.76. The number of aromatic nitrogens is 2. The molecule has 2 atom stereocenters. The molecule has 0 spiro atoms. The van der Waals surface area contributed by atoms with Crippen molar-refractivity contribution in [2.45, 2.75) is 56.3 Å². The lowest BCUT2D eigenvalue weighted by atomic mass is 9.80. The van der Waals surface area contributed by atoms with Crippen molar-refractivity contribution >= 4 is 0 Å². The molecule has 5 nitrogen and oxygen atoms in total. The topological polar surface area (TPSA) is 58.5 Å². The van der Waals surface area contributed by atoms with Crippen LogP contribution in [0, 0.1) is 5.82 Å². The Labute approximate surface area is 159 Å². The lowest BCUT2D eigenvalue weighted by molar-refractivity contribution is -0.0597. The third kappa shape index (κ3) is 3.88. The van der Waals surface area contributed by atoms with E-state index in [1.54, 1.807) is 13.2 Å². The van der Waals surface area contributed by atoms with Crippen LogP contribution in [0.4, 0.5) is 4.39 Å². The maximum Gasteiger partial charge on any atom is 0.130 e. The molecule has 1 aromatic heterocycles. The van der Waals surface area contributed by atoms with Gasteiger partial charge in [0.2, 0.25) is 0 Å². The second-order valence-electron chi connectivity index (χ2n) is 7.76. The van der Waals surface area contributed by atoms with Crippen LogP contribution >= 0.6 is 0 Å². The monoisotopic (exact) mass is 371 g/mol. The van der Waals surface area contributed by atoms with Crippen LogP contribution in [0.2, 0.25) is 0 Å². The van der Waals surface area contributed by atoms with E-state index in [1.165, 1.54) is 12.1 Å². The number of methoxy groups -OCH3 is 1. The van der Waals surface area contributed by atoms with Gasteiger partial charge in [-0.25, -0.2) is 14.4 Å². The SMILES string of the molecule is COCCc1ncc(CN2C3CCC2CC(O)(c2cccc(F)c2)C3)cn1. The molecule has 2 aliphatic heterocycles. The Morgan fingerprint density at radius 3 is 2.56 bits per heavy atom. The molecule has 0 amide bonds. The predicted molar refractivity (Wildman–Crippen MR) is 99.5 cm³/mol. The number of hydrogen-bond donors (Lipinski definition) is 1. The summed E-state index contributed by atoms with van der Waals surface area (Å²) in [5.74, 6) is 0.504. The van der Waals surface area contributed by atoms with Crippen LogP contribution < -0.4 is 0 Å². The van der Waals surface area contributed by atoms with Gasteiger partial charge in [0.15, 0.2) is 0 Å². The van der Waals surface area contributed by atoms with Gasteiger partial charge in [0, 0.05) is 50.1 Å². The van der Waals surface area contributed by atoms with Crippen LogP contribution in [-0.2, 0) is 23.3 Å². The molecule has 144 valence electrons. The van der Waals surface area contributed by atoms with E-state index in [0.717, 1.165) is 30.8 Å². The maximum absolute atomic E-state index is 13.6. The fourth-order valence-corrected chi connectivity index (χ4v) is 4.58. The number of aliphatic hydroxyl groups is 1. The van der Waals surface area contributed by atoms with Gasteiger partial charge in [-0.2, -0.15) is 0 Å². The lowest BCUT2D eigenvalue weighted by Gasteiger charge is -2.44. The van der Waals surface area contributed by atoms with Gasteiger partial charge in [0.25, 0.3) is 0 Å². The Kier molecular flexibility index (Phi) is 5.21. The molecule has 2 unspecified atom stereocenters. The van der Waals surface area contributed by atoms with E-state index in [0.29, 0.717) is 43.5 Å². The van der Waals surface area contributed by atoms with Crippen LogP contribution in [0.5, 0.6) is 0 Å². The summed E-state index contributed by atoms with van der Waals surface area (Å²) in [6, 6.07) is 7.01. The zero-order valence-electron chi connectivity index (χ0n) is 15.6. The van der Waals surface area contributed by atoms with Gasteiger partial charge < -0.3 is 9.84 Å². The molecule has 2 aliphatic rings. The van der Waals surface area contributed by atoms with Crippen molar-refractivity contribution in [1.29, 1.82) is 0 Å². The van der Waals surface area contributed by atoms with Gasteiger partial charge in [0.1, 0.15) is 11.6 Å². The number of piperidine rings is 1. The summed E-state index contributed by atoms with van der Waals surface area (Å²) in [7, 11) is 1.67. The normalized spacial score (nSPS) is 27.8. The van der Waals surface area contributed by atoms with E-state index in [9.17, 15) is 9.50 Å². The number of hydrogen-bond acceptors (Lipinski definition) is 5. The summed E-state index contributed by atoms with van der Waals surface area (Å²) in [6.07, 6.45) is 7.91. The molecule has 0 radical (unpaired) electrons. The zero-order chi connectivity index (χ0) is 18.9. The third-order valence-electron chi connectivity index (χ3n) is 5.93. The van der Waals surface area contributed by atoms with Crippen molar-refractivity contribution in [2.75, 3.05) is 13.7 Å². The average Bonchev–Trinajstić information content (AvgIpc) is 2.91. The Morgan fingerprint density at radius 2 is 1.93 bits per heavy atom. The fraction of sp³-hybridized carbons (Fsp3) is 0.524. The molecule has 2 fully saturated rings. The highest BCUT2D eigenvalue weighted by atomic mass is 19.1. The average molecular weight is 371 g/mol. The van der Waals surface area contributed by atoms with Gasteiger partial charge >= 0.3 is 0 Å². The highest BCUT2D eigenvalue weighted by Gasteiger charge is 2.48. The fourth-order valence-electron chi connectivity index (χ4n) is 4.58. The highest BCUT2D eigenvalue weighted by molar-refractivity contribution is 5.26. The minimum Gasteiger partial charge on any atom is -0.385 e. The molecule has 1 N–H and O–H groups in total. The minimum absolute atomic E-state index is 0.290. The Bertz CT molecular complexity index is 769. The molecule has 2 bridgehead atoms. The van der Waals surface area contributed by atoms with Crippen LogP contribution in [0.1, 0.15) is 42.6 Å².